The lowest BCUT2D eigenvalue weighted by Crippen LogP contribution is -2.08. The molecule has 0 aromatic heterocycles. The normalized spacial score (nSPS) is 16.8. The first-order valence-corrected chi connectivity index (χ1v) is 5.86. The highest BCUT2D eigenvalue weighted by atomic mass is 16.4. The number of hydrogen-bond acceptors (Lipinski definition) is 2. The summed E-state index contributed by atoms with van der Waals surface area (Å²) in [6.07, 6.45) is -0.938. The Hall–Kier alpha value is -2.13. The van der Waals surface area contributed by atoms with Crippen molar-refractivity contribution in [2.24, 2.45) is 0 Å². The second-order valence-electron chi connectivity index (χ2n) is 4.25. The van der Waals surface area contributed by atoms with Crippen LogP contribution in [0.3, 0.4) is 0 Å². The van der Waals surface area contributed by atoms with E-state index in [0.29, 0.717) is 11.1 Å². The van der Waals surface area contributed by atoms with Crippen molar-refractivity contribution < 1.29 is 19.1 Å². The topological polar surface area (TPSA) is 57.5 Å². The van der Waals surface area contributed by atoms with E-state index in [9.17, 15) is 15.0 Å². The lowest BCUT2D eigenvalue weighted by molar-refractivity contribution is -0.138. The molecule has 3 heteroatoms. The minimum Gasteiger partial charge on any atom is -0.481 e. The van der Waals surface area contributed by atoms with Crippen LogP contribution in [0.25, 0.3) is 0 Å². The van der Waals surface area contributed by atoms with Crippen LogP contribution in [0.2, 0.25) is 0 Å². The van der Waals surface area contributed by atoms with Crippen LogP contribution < -0.4 is 0 Å². The Kier molecular flexibility index (Phi) is 2.91. The van der Waals surface area contributed by atoms with Crippen molar-refractivity contribution in [3.63, 3.8) is 0 Å². The third-order valence-corrected chi connectivity index (χ3v) is 2.92. The predicted molar refractivity (Wildman–Crippen MR) is 73.0 cm³/mol. The van der Waals surface area contributed by atoms with Crippen LogP contribution in [0.1, 0.15) is 39.7 Å². The van der Waals surface area contributed by atoms with E-state index in [2.05, 4.69) is 0 Å². The van der Waals surface area contributed by atoms with Gasteiger partial charge in [-0.2, -0.15) is 0 Å². The standard InChI is InChI=1S/C16H16O3/c1-11(16(18)19)13-8-5-9-14(10-13)15(17)12-6-3-2-4-7-12/h2-11,15,17H,1H3,(H,18,19)/i1+1D3. The van der Waals surface area contributed by atoms with Gasteiger partial charge in [0.2, 0.25) is 0 Å². The number of carboxylic acids is 1. The van der Waals surface area contributed by atoms with E-state index in [4.69, 9.17) is 4.11 Å². The first-order chi connectivity index (χ1) is 10.3. The van der Waals surface area contributed by atoms with E-state index in [0.717, 1.165) is 0 Å². The van der Waals surface area contributed by atoms with Gasteiger partial charge in [-0.3, -0.25) is 4.79 Å². The molecule has 0 amide bonds. The number of aliphatic hydroxyl groups is 1. The molecule has 0 heterocycles. The molecule has 0 bridgehead atoms. The number of carbonyl (C=O) groups is 1. The molecule has 0 spiro atoms. The summed E-state index contributed by atoms with van der Waals surface area (Å²) < 4.78 is 22.2. The Balaban J connectivity index is 2.40. The number of rotatable bonds is 4. The third-order valence-electron chi connectivity index (χ3n) is 2.92. The molecule has 0 aliphatic heterocycles. The van der Waals surface area contributed by atoms with Crippen molar-refractivity contribution in [3.05, 3.63) is 71.3 Å². The monoisotopic (exact) mass is 260 g/mol. The van der Waals surface area contributed by atoms with Crippen molar-refractivity contribution in [2.45, 2.75) is 18.9 Å². The van der Waals surface area contributed by atoms with Gasteiger partial charge in [-0.25, -0.2) is 0 Å². The predicted octanol–water partition coefficient (Wildman–Crippen LogP) is 2.96. The molecule has 0 radical (unpaired) electrons. The van der Waals surface area contributed by atoms with Gasteiger partial charge in [0.1, 0.15) is 6.10 Å². The number of benzene rings is 2. The molecule has 2 rings (SSSR count). The molecule has 2 N–H and O–H groups in total. The van der Waals surface area contributed by atoms with Crippen LogP contribution in [0.15, 0.2) is 54.6 Å². The summed E-state index contributed by atoms with van der Waals surface area (Å²) in [6, 6.07) is 15.0. The van der Waals surface area contributed by atoms with Gasteiger partial charge in [-0.15, -0.1) is 0 Å². The highest BCUT2D eigenvalue weighted by molar-refractivity contribution is 5.75. The summed E-state index contributed by atoms with van der Waals surface area (Å²) in [4.78, 5) is 11.3. The Morgan fingerprint density at radius 3 is 2.32 bits per heavy atom. The maximum Gasteiger partial charge on any atom is 0.310 e. The quantitative estimate of drug-likeness (QED) is 0.831. The zero-order chi connectivity index (χ0) is 16.3. The van der Waals surface area contributed by atoms with E-state index in [1.165, 1.54) is 12.1 Å². The van der Waals surface area contributed by atoms with Crippen molar-refractivity contribution in [3.8, 4) is 0 Å². The van der Waals surface area contributed by atoms with Crippen molar-refractivity contribution in [1.29, 1.82) is 0 Å². The van der Waals surface area contributed by atoms with Crippen LogP contribution in [-0.4, -0.2) is 16.2 Å². The fraction of sp³-hybridized carbons (Fsp3) is 0.188. The first-order valence-electron chi connectivity index (χ1n) is 7.36. The van der Waals surface area contributed by atoms with Gasteiger partial charge in [0.15, 0.2) is 0 Å². The maximum absolute atomic E-state index is 11.3. The fourth-order valence-corrected chi connectivity index (χ4v) is 1.88. The van der Waals surface area contributed by atoms with Crippen molar-refractivity contribution in [1.82, 2.24) is 0 Å². The smallest absolute Gasteiger partial charge is 0.310 e. The van der Waals surface area contributed by atoms with E-state index in [1.807, 2.05) is 6.07 Å². The molecule has 0 aliphatic carbocycles. The lowest BCUT2D eigenvalue weighted by Gasteiger charge is -2.14. The number of carboxylic acid groups (broad SMARTS) is 1. The molecule has 0 saturated heterocycles. The highest BCUT2D eigenvalue weighted by Crippen LogP contribution is 2.25. The molecular weight excluding hydrogens is 241 g/mol. The Morgan fingerprint density at radius 2 is 1.68 bits per heavy atom. The van der Waals surface area contributed by atoms with E-state index in [1.54, 1.807) is 36.4 Å². The molecule has 0 fully saturated rings. The van der Waals surface area contributed by atoms with Crippen LogP contribution in [0.4, 0.5) is 0 Å². The van der Waals surface area contributed by atoms with E-state index < -0.39 is 24.8 Å². The van der Waals surface area contributed by atoms with Gasteiger partial charge in [-0.1, -0.05) is 54.6 Å². The molecule has 2 aromatic carbocycles. The molecule has 2 aromatic rings. The fourth-order valence-electron chi connectivity index (χ4n) is 1.88. The number of aliphatic carboxylic acids is 1. The summed E-state index contributed by atoms with van der Waals surface area (Å²) in [5.41, 5.74) is 1.26. The molecule has 2 atom stereocenters. The second kappa shape index (κ2) is 5.67. The zero-order valence-corrected chi connectivity index (χ0v) is 10.2. The molecule has 3 nitrogen and oxygen atoms in total. The second-order valence-corrected chi connectivity index (χ2v) is 4.25. The third kappa shape index (κ3) is 3.01. The average molecular weight is 260 g/mol. The average Bonchev–Trinajstić information content (AvgIpc) is 2.46. The van der Waals surface area contributed by atoms with Crippen LogP contribution in [-0.2, 0) is 4.79 Å². The van der Waals surface area contributed by atoms with Gasteiger partial charge in [-0.05, 0) is 23.5 Å². The minimum atomic E-state index is -2.65. The summed E-state index contributed by atoms with van der Waals surface area (Å²) in [5, 5.41) is 19.5. The van der Waals surface area contributed by atoms with E-state index in [-0.39, 0.29) is 5.56 Å². The van der Waals surface area contributed by atoms with E-state index >= 15 is 0 Å². The minimum absolute atomic E-state index is 0.153. The molecular formula is C16H16O3. The Labute approximate surface area is 116 Å². The van der Waals surface area contributed by atoms with Crippen LogP contribution >= 0.6 is 0 Å². The number of hydrogen-bond donors (Lipinski definition) is 2. The zero-order valence-electron chi connectivity index (χ0n) is 13.2. The van der Waals surface area contributed by atoms with Gasteiger partial charge in [0.05, 0.1) is 5.92 Å². The Bertz CT molecular complexity index is 653. The largest absolute Gasteiger partial charge is 0.481 e. The van der Waals surface area contributed by atoms with Gasteiger partial charge in [0, 0.05) is 4.11 Å². The van der Waals surface area contributed by atoms with Crippen LogP contribution in [0.5, 0.6) is 0 Å². The van der Waals surface area contributed by atoms with Crippen molar-refractivity contribution in [2.75, 3.05) is 0 Å². The van der Waals surface area contributed by atoms with Gasteiger partial charge < -0.3 is 10.2 Å². The molecule has 2 unspecified atom stereocenters. The molecule has 0 aliphatic rings. The van der Waals surface area contributed by atoms with Gasteiger partial charge in [0.25, 0.3) is 0 Å². The summed E-state index contributed by atoms with van der Waals surface area (Å²) in [7, 11) is 0. The molecule has 0 saturated carbocycles. The highest BCUT2D eigenvalue weighted by Gasteiger charge is 2.16. The first kappa shape index (κ1) is 9.75. The maximum atomic E-state index is 11.3. The van der Waals surface area contributed by atoms with Crippen LogP contribution in [0, 0.1) is 0 Å². The van der Waals surface area contributed by atoms with Gasteiger partial charge >= 0.3 is 5.97 Å². The van der Waals surface area contributed by atoms with Crippen molar-refractivity contribution >= 4 is 5.97 Å². The summed E-state index contributed by atoms with van der Waals surface area (Å²) in [6.45, 7) is -2.65. The number of aliphatic hydroxyl groups excluding tert-OH is 1. The Morgan fingerprint density at radius 1 is 1.05 bits per heavy atom. The lowest BCUT2D eigenvalue weighted by atomic mass is 9.97. The SMILES string of the molecule is [2H][13C]([2H])([2H])C(C(=O)O)c1cccc(C(O)c2ccccc2)c1. The molecule has 19 heavy (non-hydrogen) atoms. The summed E-state index contributed by atoms with van der Waals surface area (Å²) >= 11 is 0. The molecule has 98 valence electrons. The summed E-state index contributed by atoms with van der Waals surface area (Å²) in [5.74, 6) is -3.03.